The first-order valence-electron chi connectivity index (χ1n) is 11.5. The third kappa shape index (κ3) is 10.1. The normalized spacial score (nSPS) is 11.4. The summed E-state index contributed by atoms with van der Waals surface area (Å²) in [4.78, 5) is 18.2. The molecule has 0 spiro atoms. The van der Waals surface area contributed by atoms with E-state index >= 15 is 0 Å². The van der Waals surface area contributed by atoms with E-state index in [9.17, 15) is 0 Å². The molecule has 1 heterocycles. The molecule has 0 bridgehead atoms. The Labute approximate surface area is 194 Å². The van der Waals surface area contributed by atoms with Crippen molar-refractivity contribution in [1.29, 1.82) is 0 Å². The molecule has 0 fully saturated rings. The van der Waals surface area contributed by atoms with E-state index in [4.69, 9.17) is 33.9 Å². The summed E-state index contributed by atoms with van der Waals surface area (Å²) < 4.78 is 22.7. The summed E-state index contributed by atoms with van der Waals surface area (Å²) in [6, 6.07) is 0. The van der Waals surface area contributed by atoms with Gasteiger partial charge in [0.2, 0.25) is 11.9 Å². The van der Waals surface area contributed by atoms with E-state index in [-0.39, 0.29) is 5.92 Å². The van der Waals surface area contributed by atoms with Gasteiger partial charge in [0.1, 0.15) is 12.6 Å². The van der Waals surface area contributed by atoms with E-state index in [0.29, 0.717) is 82.5 Å². The zero-order chi connectivity index (χ0) is 23.9. The van der Waals surface area contributed by atoms with Crippen LogP contribution in [-0.2, 0) is 18.9 Å². The highest BCUT2D eigenvalue weighted by atomic mass is 16.5. The average Bonchev–Trinajstić information content (AvgIpc) is 2.76. The molecule has 0 amide bonds. The maximum Gasteiger partial charge on any atom is 0.233 e. The van der Waals surface area contributed by atoms with Gasteiger partial charge in [-0.1, -0.05) is 34.3 Å². The molecule has 0 saturated heterocycles. The van der Waals surface area contributed by atoms with Crippen LogP contribution in [0.5, 0.6) is 0 Å². The van der Waals surface area contributed by atoms with E-state index in [2.05, 4.69) is 34.3 Å². The van der Waals surface area contributed by atoms with Crippen LogP contribution in [0.25, 0.3) is 0 Å². The number of hydrogen-bond donors (Lipinski definition) is 0. The van der Waals surface area contributed by atoms with Crippen LogP contribution >= 0.6 is 0 Å². The molecule has 1 aromatic heterocycles. The molecule has 184 valence electrons. The maximum absolute atomic E-state index is 5.96. The van der Waals surface area contributed by atoms with Gasteiger partial charge in [-0.25, -0.2) is 0 Å². The van der Waals surface area contributed by atoms with Gasteiger partial charge < -0.3 is 28.7 Å². The molecular formula is C23H43N5O4. The summed E-state index contributed by atoms with van der Waals surface area (Å²) in [5.74, 6) is 2.52. The summed E-state index contributed by atoms with van der Waals surface area (Å²) in [6.07, 6.45) is 1.41. The molecule has 0 N–H and O–H groups in total. The quantitative estimate of drug-likeness (QED) is 0.244. The number of nitrogens with zero attached hydrogens (tertiary/aromatic N) is 5. The van der Waals surface area contributed by atoms with Gasteiger partial charge in [-0.15, -0.1) is 0 Å². The van der Waals surface area contributed by atoms with Crippen molar-refractivity contribution in [3.8, 4) is 0 Å². The van der Waals surface area contributed by atoms with Crippen molar-refractivity contribution in [1.82, 2.24) is 15.0 Å². The Bertz CT molecular complexity index is 631. The summed E-state index contributed by atoms with van der Waals surface area (Å²) in [7, 11) is 1.66. The molecule has 0 aliphatic carbocycles. The lowest BCUT2D eigenvalue weighted by molar-refractivity contribution is 0.0450. The third-order valence-electron chi connectivity index (χ3n) is 4.50. The summed E-state index contributed by atoms with van der Waals surface area (Å²) in [5.41, 5.74) is 0. The zero-order valence-electron chi connectivity index (χ0n) is 21.0. The summed E-state index contributed by atoms with van der Waals surface area (Å²) >= 11 is 0. The predicted octanol–water partition coefficient (Wildman–Crippen LogP) is 3.67. The fourth-order valence-corrected chi connectivity index (χ4v) is 2.80. The monoisotopic (exact) mass is 453 g/mol. The van der Waals surface area contributed by atoms with Crippen LogP contribution in [0.2, 0.25) is 0 Å². The average molecular weight is 454 g/mol. The molecule has 0 atom stereocenters. The van der Waals surface area contributed by atoms with Crippen molar-refractivity contribution in [2.75, 3.05) is 69.9 Å². The van der Waals surface area contributed by atoms with Crippen molar-refractivity contribution in [3.63, 3.8) is 0 Å². The second-order valence-electron chi connectivity index (χ2n) is 8.45. The van der Waals surface area contributed by atoms with Crippen LogP contribution in [0.15, 0.2) is 12.8 Å². The Kier molecular flexibility index (Phi) is 13.8. The number of hydrogen-bond acceptors (Lipinski definition) is 9. The molecule has 9 heteroatoms. The first-order chi connectivity index (χ1) is 15.4. The smallest absolute Gasteiger partial charge is 0.233 e. The first kappa shape index (κ1) is 28.1. The van der Waals surface area contributed by atoms with Gasteiger partial charge in [-0.2, -0.15) is 15.0 Å². The maximum atomic E-state index is 5.96. The Morgan fingerprint density at radius 2 is 1.31 bits per heavy atom. The Morgan fingerprint density at radius 3 is 1.72 bits per heavy atom. The number of methoxy groups -OCH3 is 1. The van der Waals surface area contributed by atoms with E-state index in [1.807, 2.05) is 23.6 Å². The second-order valence-corrected chi connectivity index (χ2v) is 8.45. The lowest BCUT2D eigenvalue weighted by Gasteiger charge is -2.26. The predicted molar refractivity (Wildman–Crippen MR) is 128 cm³/mol. The van der Waals surface area contributed by atoms with Crippen LogP contribution in [0, 0.1) is 11.8 Å². The highest BCUT2D eigenvalue weighted by Crippen LogP contribution is 2.21. The fraction of sp³-hybridized carbons (Fsp3) is 0.783. The lowest BCUT2D eigenvalue weighted by atomic mass is 10.1. The van der Waals surface area contributed by atoms with Crippen molar-refractivity contribution < 1.29 is 18.9 Å². The number of anilines is 2. The molecule has 9 nitrogen and oxygen atoms in total. The van der Waals surface area contributed by atoms with Crippen LogP contribution in [0.1, 0.15) is 53.3 Å². The van der Waals surface area contributed by atoms with Gasteiger partial charge >= 0.3 is 0 Å². The van der Waals surface area contributed by atoms with Crippen molar-refractivity contribution in [3.05, 3.63) is 18.7 Å². The van der Waals surface area contributed by atoms with E-state index in [1.54, 1.807) is 7.11 Å². The third-order valence-corrected chi connectivity index (χ3v) is 4.50. The first-order valence-corrected chi connectivity index (χ1v) is 11.5. The number of ether oxygens (including phenoxy) is 4. The minimum atomic E-state index is -0.117. The lowest BCUT2D eigenvalue weighted by Crippen LogP contribution is -2.32. The van der Waals surface area contributed by atoms with Crippen molar-refractivity contribution >= 4 is 11.9 Å². The Morgan fingerprint density at radius 1 is 0.812 bits per heavy atom. The van der Waals surface area contributed by atoms with Gasteiger partial charge in [0.15, 0.2) is 6.73 Å². The molecule has 0 unspecified atom stereocenters. The van der Waals surface area contributed by atoms with Gasteiger partial charge in [-0.05, 0) is 25.7 Å². The van der Waals surface area contributed by atoms with Crippen molar-refractivity contribution in [2.45, 2.75) is 47.5 Å². The van der Waals surface area contributed by atoms with Crippen molar-refractivity contribution in [2.24, 2.45) is 11.8 Å². The standard InChI is InChI=1S/C23H43N5O4/c1-9-27(16-29-8)22-24-21(25-23(26-22)28(10-2)17-30-11-3)20(14-31-12-18(4)5)15-32-13-19(6)7/h11,18-20H,3,9-10,12-17H2,1-2,4-8H3. The Hall–Kier alpha value is -1.97. The Balaban J connectivity index is 3.31. The van der Waals surface area contributed by atoms with Gasteiger partial charge in [0.05, 0.1) is 25.4 Å². The minimum Gasteiger partial charge on any atom is -0.481 e. The molecule has 32 heavy (non-hydrogen) atoms. The van der Waals surface area contributed by atoms with E-state index in [0.717, 1.165) is 0 Å². The molecule has 1 aromatic rings. The molecule has 0 saturated carbocycles. The number of aromatic nitrogens is 3. The SMILES string of the molecule is C=COCN(CC)c1nc(C(COCC(C)C)COCC(C)C)nc(N(CC)COC)n1. The van der Waals surface area contributed by atoms with Gasteiger partial charge in [0, 0.05) is 33.4 Å². The minimum absolute atomic E-state index is 0.117. The molecular weight excluding hydrogens is 410 g/mol. The topological polar surface area (TPSA) is 82.1 Å². The van der Waals surface area contributed by atoms with Crippen LogP contribution < -0.4 is 9.80 Å². The van der Waals surface area contributed by atoms with Crippen LogP contribution in [0.4, 0.5) is 11.9 Å². The van der Waals surface area contributed by atoms with E-state index in [1.165, 1.54) is 6.26 Å². The zero-order valence-corrected chi connectivity index (χ0v) is 21.0. The highest BCUT2D eigenvalue weighted by Gasteiger charge is 2.22. The van der Waals surface area contributed by atoms with Gasteiger partial charge in [-0.3, -0.25) is 0 Å². The highest BCUT2D eigenvalue weighted by molar-refractivity contribution is 5.39. The summed E-state index contributed by atoms with van der Waals surface area (Å²) in [5, 5.41) is 0. The molecule has 1 rings (SSSR count). The largest absolute Gasteiger partial charge is 0.481 e. The molecule has 0 aromatic carbocycles. The molecule has 0 radical (unpaired) electrons. The number of rotatable bonds is 18. The van der Waals surface area contributed by atoms with Crippen LogP contribution in [0.3, 0.4) is 0 Å². The van der Waals surface area contributed by atoms with Crippen LogP contribution in [-0.4, -0.2) is 75.0 Å². The molecule has 0 aliphatic heterocycles. The second kappa shape index (κ2) is 15.8. The fourth-order valence-electron chi connectivity index (χ4n) is 2.80. The summed E-state index contributed by atoms with van der Waals surface area (Å²) in [6.45, 7) is 20.6. The van der Waals surface area contributed by atoms with E-state index < -0.39 is 0 Å². The van der Waals surface area contributed by atoms with Gasteiger partial charge in [0.25, 0.3) is 0 Å². The molecule has 0 aliphatic rings.